The van der Waals surface area contributed by atoms with Gasteiger partial charge in [-0.3, -0.25) is 2.52 Å². The number of rotatable bonds is 2. The minimum absolute atomic E-state index is 0. The van der Waals surface area contributed by atoms with E-state index in [-0.39, 0.29) is 6.15 Å². The van der Waals surface area contributed by atoms with Gasteiger partial charge in [-0.05, 0) is 18.9 Å². The summed E-state index contributed by atoms with van der Waals surface area (Å²) in [6, 6.07) is 0. The zero-order chi connectivity index (χ0) is 5.70. The zero-order valence-electron chi connectivity index (χ0n) is 5.10. The second kappa shape index (κ2) is 7.58. The summed E-state index contributed by atoms with van der Waals surface area (Å²) in [7, 11) is 0. The fourth-order valence-corrected chi connectivity index (χ4v) is 0.743. The van der Waals surface area contributed by atoms with Crippen LogP contribution < -0.4 is 6.15 Å². The normalized spacial score (nSPS) is 8.88. The molecule has 0 aromatic rings. The van der Waals surface area contributed by atoms with E-state index in [1.54, 1.807) is 11.9 Å². The van der Waals surface area contributed by atoms with Crippen LogP contribution in [0.2, 0.25) is 0 Å². The van der Waals surface area contributed by atoms with Crippen LogP contribution in [0.4, 0.5) is 0 Å². The molecule has 50 valence electrons. The van der Waals surface area contributed by atoms with Crippen LogP contribution >= 0.6 is 34.8 Å². The van der Waals surface area contributed by atoms with Gasteiger partial charge in [-0.25, -0.2) is 0 Å². The molecule has 8 heavy (non-hydrogen) atoms. The first-order valence-electron chi connectivity index (χ1n) is 1.93. The van der Waals surface area contributed by atoms with Gasteiger partial charge in [0.25, 0.3) is 0 Å². The number of allylic oxidation sites excluding steroid dienone is 1. The minimum atomic E-state index is 0. The molecule has 0 radical (unpaired) electrons. The Morgan fingerprint density at radius 2 is 2.12 bits per heavy atom. The fourth-order valence-electron chi connectivity index (χ4n) is 0.178. The van der Waals surface area contributed by atoms with Crippen molar-refractivity contribution < 1.29 is 0 Å². The van der Waals surface area contributed by atoms with E-state index < -0.39 is 0 Å². The molecule has 0 spiro atoms. The van der Waals surface area contributed by atoms with Crippen molar-refractivity contribution in [2.45, 2.75) is 6.92 Å². The molecule has 0 fully saturated rings. The molecule has 0 aliphatic carbocycles. The molecule has 0 rings (SSSR count). The summed E-state index contributed by atoms with van der Waals surface area (Å²) in [5, 5.41) is 0. The Morgan fingerprint density at radius 1 is 1.62 bits per heavy atom. The first-order valence-corrected chi connectivity index (χ1v) is 4.08. The molecule has 0 amide bonds. The number of hydrogen-bond acceptors (Lipinski definition) is 3. The highest BCUT2D eigenvalue weighted by Crippen LogP contribution is 2.11. The van der Waals surface area contributed by atoms with Gasteiger partial charge in [-0.15, -0.1) is 0 Å². The predicted molar refractivity (Wildman–Crippen MR) is 49.2 cm³/mol. The van der Waals surface area contributed by atoms with Gasteiger partial charge >= 0.3 is 0 Å². The molecule has 0 saturated carbocycles. The van der Waals surface area contributed by atoms with Crippen molar-refractivity contribution in [3.8, 4) is 0 Å². The standard InChI is InChI=1S/C4H8INS.H3N/c1-3-4-6(5)7-2;/h3-4H,1-2H3;1H3/b4-3+;. The van der Waals surface area contributed by atoms with Gasteiger partial charge in [-0.1, -0.05) is 6.08 Å². The lowest BCUT2D eigenvalue weighted by molar-refractivity contribution is 1.12. The van der Waals surface area contributed by atoms with E-state index in [2.05, 4.69) is 22.9 Å². The van der Waals surface area contributed by atoms with Crippen molar-refractivity contribution in [1.29, 1.82) is 0 Å². The topological polar surface area (TPSA) is 38.2 Å². The molecule has 0 unspecified atom stereocenters. The Kier molecular flexibility index (Phi) is 10.8. The lowest BCUT2D eigenvalue weighted by atomic mass is 10.7. The Balaban J connectivity index is 0. The molecule has 0 aromatic heterocycles. The summed E-state index contributed by atoms with van der Waals surface area (Å²) < 4.78 is 2.01. The van der Waals surface area contributed by atoms with E-state index in [0.717, 1.165) is 0 Å². The van der Waals surface area contributed by atoms with Crippen LogP contribution in [0.3, 0.4) is 0 Å². The highest BCUT2D eigenvalue weighted by Gasteiger charge is 1.80. The summed E-state index contributed by atoms with van der Waals surface area (Å²) in [5.74, 6) is 0. The zero-order valence-corrected chi connectivity index (χ0v) is 8.07. The van der Waals surface area contributed by atoms with Crippen LogP contribution in [-0.4, -0.2) is 8.77 Å². The third-order valence-electron chi connectivity index (χ3n) is 0.441. The van der Waals surface area contributed by atoms with Crippen LogP contribution in [0.5, 0.6) is 0 Å². The molecule has 0 aliphatic rings. The van der Waals surface area contributed by atoms with Crippen molar-refractivity contribution in [3.63, 3.8) is 0 Å². The molecule has 0 atom stereocenters. The molecule has 3 N–H and O–H groups in total. The first-order chi connectivity index (χ1) is 3.31. The van der Waals surface area contributed by atoms with Crippen molar-refractivity contribution in [2.24, 2.45) is 0 Å². The van der Waals surface area contributed by atoms with E-state index >= 15 is 0 Å². The van der Waals surface area contributed by atoms with Crippen LogP contribution in [0, 0.1) is 0 Å². The van der Waals surface area contributed by atoms with Crippen molar-refractivity contribution in [3.05, 3.63) is 12.3 Å². The lowest BCUT2D eigenvalue weighted by Crippen LogP contribution is -1.83. The number of halogens is 1. The van der Waals surface area contributed by atoms with Gasteiger partial charge in [0.1, 0.15) is 0 Å². The van der Waals surface area contributed by atoms with E-state index in [9.17, 15) is 0 Å². The van der Waals surface area contributed by atoms with Gasteiger partial charge in [0.2, 0.25) is 0 Å². The minimum Gasteiger partial charge on any atom is -0.344 e. The molecule has 4 heteroatoms. The van der Waals surface area contributed by atoms with Crippen LogP contribution in [0.25, 0.3) is 0 Å². The summed E-state index contributed by atoms with van der Waals surface area (Å²) in [4.78, 5) is 0. The van der Waals surface area contributed by atoms with E-state index in [0.29, 0.717) is 0 Å². The van der Waals surface area contributed by atoms with E-state index in [1.165, 1.54) is 0 Å². The van der Waals surface area contributed by atoms with E-state index in [1.807, 2.05) is 28.0 Å². The van der Waals surface area contributed by atoms with Gasteiger partial charge in [0.15, 0.2) is 0 Å². The predicted octanol–water partition coefficient (Wildman–Crippen LogP) is 2.61. The van der Waals surface area contributed by atoms with Gasteiger partial charge in [0.05, 0.1) is 22.9 Å². The fraction of sp³-hybridized carbons (Fsp3) is 0.500. The average molecular weight is 246 g/mol. The van der Waals surface area contributed by atoms with Crippen molar-refractivity contribution in [2.75, 3.05) is 6.26 Å². The molecular weight excluding hydrogens is 235 g/mol. The summed E-state index contributed by atoms with van der Waals surface area (Å²) in [5.41, 5.74) is 0. The molecule has 0 aliphatic heterocycles. The summed E-state index contributed by atoms with van der Waals surface area (Å²) >= 11 is 3.90. The smallest absolute Gasteiger partial charge is 0.0706 e. The summed E-state index contributed by atoms with van der Waals surface area (Å²) in [6.07, 6.45) is 6.04. The Morgan fingerprint density at radius 3 is 2.25 bits per heavy atom. The Bertz CT molecular complexity index is 67.1. The Hall–Kier alpha value is 0.580. The largest absolute Gasteiger partial charge is 0.344 e. The van der Waals surface area contributed by atoms with Gasteiger partial charge in [-0.2, -0.15) is 0 Å². The van der Waals surface area contributed by atoms with Crippen LogP contribution in [0.15, 0.2) is 12.3 Å². The van der Waals surface area contributed by atoms with Crippen LogP contribution in [-0.2, 0) is 0 Å². The summed E-state index contributed by atoms with van der Waals surface area (Å²) in [6.45, 7) is 2.00. The van der Waals surface area contributed by atoms with Crippen molar-refractivity contribution in [1.82, 2.24) is 8.67 Å². The maximum atomic E-state index is 2.21. The Labute approximate surface area is 68.9 Å². The highest BCUT2D eigenvalue weighted by molar-refractivity contribution is 14.1. The van der Waals surface area contributed by atoms with Gasteiger partial charge in [0, 0.05) is 12.5 Å². The third kappa shape index (κ3) is 6.58. The second-order valence-electron chi connectivity index (χ2n) is 0.937. The molecule has 2 nitrogen and oxygen atoms in total. The quantitative estimate of drug-likeness (QED) is 0.462. The maximum Gasteiger partial charge on any atom is 0.0706 e. The van der Waals surface area contributed by atoms with Gasteiger partial charge < -0.3 is 6.15 Å². The molecular formula is C4H11IN2S. The number of nitrogens with zero attached hydrogens (tertiary/aromatic N) is 1. The first kappa shape index (κ1) is 11.4. The second-order valence-corrected chi connectivity index (χ2v) is 3.39. The average Bonchev–Trinajstić information content (AvgIpc) is 1.68. The lowest BCUT2D eigenvalue weighted by Gasteiger charge is -2.01. The SMILES string of the molecule is C/C=C/N(I)SC.N. The third-order valence-corrected chi connectivity index (χ3v) is 2.41. The molecule has 0 saturated heterocycles. The molecule has 0 bridgehead atoms. The molecule has 0 heterocycles. The molecule has 0 aromatic carbocycles. The highest BCUT2D eigenvalue weighted by atomic mass is 127. The monoisotopic (exact) mass is 246 g/mol. The van der Waals surface area contributed by atoms with Crippen LogP contribution in [0.1, 0.15) is 6.92 Å². The van der Waals surface area contributed by atoms with E-state index in [4.69, 9.17) is 0 Å². The maximum absolute atomic E-state index is 2.21. The van der Waals surface area contributed by atoms with Crippen molar-refractivity contribution >= 4 is 34.8 Å². The number of hydrogen-bond donors (Lipinski definition) is 1.